The van der Waals surface area contributed by atoms with Gasteiger partial charge in [-0.2, -0.15) is 0 Å². The van der Waals surface area contributed by atoms with Crippen LogP contribution in [0.25, 0.3) is 10.9 Å². The summed E-state index contributed by atoms with van der Waals surface area (Å²) in [5.74, 6) is 0.221. The molecule has 0 aliphatic rings. The number of hydrogen-bond acceptors (Lipinski definition) is 5. The Hall–Kier alpha value is -2.34. The summed E-state index contributed by atoms with van der Waals surface area (Å²) in [6.45, 7) is 0. The quantitative estimate of drug-likeness (QED) is 0.764. The van der Waals surface area contributed by atoms with Crippen molar-refractivity contribution < 1.29 is 4.79 Å². The van der Waals surface area contributed by atoms with Crippen LogP contribution in [0.1, 0.15) is 10.5 Å². The normalized spacial score (nSPS) is 10.4. The summed E-state index contributed by atoms with van der Waals surface area (Å²) in [6.07, 6.45) is 0. The van der Waals surface area contributed by atoms with Crippen molar-refractivity contribution in [2.24, 2.45) is 0 Å². The third-order valence-corrected chi connectivity index (χ3v) is 2.99. The minimum atomic E-state index is -0.306. The molecule has 1 N–H and O–H groups in total. The van der Waals surface area contributed by atoms with Crippen LogP contribution in [0.2, 0.25) is 0 Å². The molecule has 0 bridgehead atoms. The van der Waals surface area contributed by atoms with Crippen LogP contribution in [-0.2, 0) is 0 Å². The summed E-state index contributed by atoms with van der Waals surface area (Å²) in [6, 6.07) is 9.23. The molecule has 1 amide bonds. The van der Waals surface area contributed by atoms with Gasteiger partial charge < -0.3 is 5.32 Å². The van der Waals surface area contributed by atoms with Crippen molar-refractivity contribution in [2.75, 3.05) is 5.32 Å². The monoisotopic (exact) mass is 256 g/mol. The third kappa shape index (κ3) is 2.05. The van der Waals surface area contributed by atoms with Gasteiger partial charge in [-0.3, -0.25) is 4.79 Å². The predicted octanol–water partition coefficient (Wildman–Crippen LogP) is 2.34. The van der Waals surface area contributed by atoms with Crippen molar-refractivity contribution in [2.45, 2.75) is 0 Å². The van der Waals surface area contributed by atoms with E-state index in [0.29, 0.717) is 5.82 Å². The molecule has 88 valence electrons. The number of rotatable bonds is 2. The maximum absolute atomic E-state index is 11.9. The smallest absolute Gasteiger partial charge is 0.277 e. The van der Waals surface area contributed by atoms with E-state index in [4.69, 9.17) is 0 Å². The zero-order valence-electron chi connectivity index (χ0n) is 9.20. The first-order valence-electron chi connectivity index (χ1n) is 5.25. The van der Waals surface area contributed by atoms with Crippen LogP contribution in [0, 0.1) is 0 Å². The molecule has 0 unspecified atom stereocenters. The van der Waals surface area contributed by atoms with Gasteiger partial charge in [0.25, 0.3) is 5.91 Å². The highest BCUT2D eigenvalue weighted by atomic mass is 32.1. The van der Waals surface area contributed by atoms with E-state index in [2.05, 4.69) is 20.5 Å². The number of thiazole rings is 1. The van der Waals surface area contributed by atoms with Gasteiger partial charge in [0, 0.05) is 10.8 Å². The second-order valence-electron chi connectivity index (χ2n) is 3.62. The number of benzene rings is 1. The molecular weight excluding hydrogens is 248 g/mol. The van der Waals surface area contributed by atoms with Gasteiger partial charge in [0.05, 0.1) is 11.0 Å². The maximum Gasteiger partial charge on any atom is 0.277 e. The van der Waals surface area contributed by atoms with Crippen molar-refractivity contribution in [1.82, 2.24) is 15.2 Å². The Balaban J connectivity index is 1.92. The van der Waals surface area contributed by atoms with Gasteiger partial charge in [0.2, 0.25) is 0 Å². The molecular formula is C12H8N4OS. The number of carbonyl (C=O) groups excluding carboxylic acids is 1. The molecule has 0 atom stereocenters. The van der Waals surface area contributed by atoms with Crippen molar-refractivity contribution >= 4 is 34.0 Å². The van der Waals surface area contributed by atoms with E-state index in [1.54, 1.807) is 17.0 Å². The molecule has 0 spiro atoms. The zero-order chi connectivity index (χ0) is 12.4. The van der Waals surface area contributed by atoms with Gasteiger partial charge in [0.1, 0.15) is 5.82 Å². The number of hydrogen-bond donors (Lipinski definition) is 1. The average molecular weight is 256 g/mol. The lowest BCUT2D eigenvalue weighted by Crippen LogP contribution is -2.14. The average Bonchev–Trinajstić information content (AvgIpc) is 2.91. The molecule has 2 heterocycles. The summed E-state index contributed by atoms with van der Waals surface area (Å²) in [4.78, 5) is 15.9. The van der Waals surface area contributed by atoms with Crippen molar-refractivity contribution in [3.63, 3.8) is 0 Å². The van der Waals surface area contributed by atoms with E-state index in [1.807, 2.05) is 24.3 Å². The fourth-order valence-electron chi connectivity index (χ4n) is 1.55. The molecule has 0 radical (unpaired) electrons. The molecule has 0 fully saturated rings. The number of amides is 1. The van der Waals surface area contributed by atoms with Gasteiger partial charge in [-0.05, 0) is 12.1 Å². The van der Waals surface area contributed by atoms with Crippen molar-refractivity contribution in [1.29, 1.82) is 0 Å². The first-order valence-corrected chi connectivity index (χ1v) is 6.19. The summed E-state index contributed by atoms with van der Waals surface area (Å²) in [5, 5.41) is 13.2. The van der Waals surface area contributed by atoms with E-state index in [9.17, 15) is 4.79 Å². The number of carbonyl (C=O) groups is 1. The SMILES string of the molecule is O=C(Nc1cscn1)c1cc2ccccc2nn1. The Kier molecular flexibility index (Phi) is 2.70. The van der Waals surface area contributed by atoms with Crippen LogP contribution in [0.15, 0.2) is 41.2 Å². The Bertz CT molecular complexity index is 696. The van der Waals surface area contributed by atoms with E-state index in [0.717, 1.165) is 10.9 Å². The number of fused-ring (bicyclic) bond motifs is 1. The third-order valence-electron chi connectivity index (χ3n) is 2.40. The Morgan fingerprint density at radius 3 is 2.94 bits per heavy atom. The van der Waals surface area contributed by atoms with Gasteiger partial charge in [-0.25, -0.2) is 4.98 Å². The molecule has 2 aromatic heterocycles. The lowest BCUT2D eigenvalue weighted by molar-refractivity contribution is 0.102. The number of nitrogens with one attached hydrogen (secondary N) is 1. The van der Waals surface area contributed by atoms with Crippen molar-refractivity contribution in [3.8, 4) is 0 Å². The second kappa shape index (κ2) is 4.50. The molecule has 0 saturated heterocycles. The lowest BCUT2D eigenvalue weighted by atomic mass is 10.2. The maximum atomic E-state index is 11.9. The molecule has 3 rings (SSSR count). The predicted molar refractivity (Wildman–Crippen MR) is 69.6 cm³/mol. The highest BCUT2D eigenvalue weighted by Crippen LogP contribution is 2.12. The van der Waals surface area contributed by atoms with Crippen LogP contribution < -0.4 is 5.32 Å². The summed E-state index contributed by atoms with van der Waals surface area (Å²) in [7, 11) is 0. The van der Waals surface area contributed by atoms with Crippen LogP contribution in [0.3, 0.4) is 0 Å². The van der Waals surface area contributed by atoms with Crippen molar-refractivity contribution in [3.05, 3.63) is 46.9 Å². The first kappa shape index (κ1) is 10.8. The van der Waals surface area contributed by atoms with E-state index < -0.39 is 0 Å². The van der Waals surface area contributed by atoms with Gasteiger partial charge in [-0.15, -0.1) is 21.5 Å². The van der Waals surface area contributed by atoms with Gasteiger partial charge >= 0.3 is 0 Å². The minimum Gasteiger partial charge on any atom is -0.304 e. The molecule has 0 saturated carbocycles. The summed E-state index contributed by atoms with van der Waals surface area (Å²) < 4.78 is 0. The van der Waals surface area contributed by atoms with Crippen LogP contribution in [0.5, 0.6) is 0 Å². The molecule has 1 aromatic carbocycles. The minimum absolute atomic E-state index is 0.279. The summed E-state index contributed by atoms with van der Waals surface area (Å²) in [5.41, 5.74) is 2.70. The Labute approximate surface area is 107 Å². The van der Waals surface area contributed by atoms with E-state index >= 15 is 0 Å². The number of anilines is 1. The molecule has 5 nitrogen and oxygen atoms in total. The molecule has 18 heavy (non-hydrogen) atoms. The molecule has 6 heteroatoms. The highest BCUT2D eigenvalue weighted by molar-refractivity contribution is 7.07. The Morgan fingerprint density at radius 2 is 2.11 bits per heavy atom. The fraction of sp³-hybridized carbons (Fsp3) is 0. The van der Waals surface area contributed by atoms with E-state index in [1.165, 1.54) is 11.3 Å². The zero-order valence-corrected chi connectivity index (χ0v) is 10.0. The largest absolute Gasteiger partial charge is 0.304 e. The van der Waals surface area contributed by atoms with Gasteiger partial charge in [-0.1, -0.05) is 18.2 Å². The Morgan fingerprint density at radius 1 is 1.22 bits per heavy atom. The molecule has 0 aliphatic carbocycles. The van der Waals surface area contributed by atoms with Crippen LogP contribution in [0.4, 0.5) is 5.82 Å². The topological polar surface area (TPSA) is 67.8 Å². The standard InChI is InChI=1S/C12H8N4OS/c17-12(14-11-6-18-7-13-11)10-5-8-3-1-2-4-9(8)15-16-10/h1-7H,(H,14,17). The van der Waals surface area contributed by atoms with E-state index in [-0.39, 0.29) is 11.6 Å². The summed E-state index contributed by atoms with van der Waals surface area (Å²) >= 11 is 1.42. The fourth-order valence-corrected chi connectivity index (χ4v) is 2.03. The molecule has 3 aromatic rings. The first-order chi connectivity index (χ1) is 8.83. The van der Waals surface area contributed by atoms with Crippen LogP contribution >= 0.6 is 11.3 Å². The second-order valence-corrected chi connectivity index (χ2v) is 4.33. The number of nitrogens with zero attached hydrogens (tertiary/aromatic N) is 3. The highest BCUT2D eigenvalue weighted by Gasteiger charge is 2.10. The number of aromatic nitrogens is 3. The van der Waals surface area contributed by atoms with Crippen LogP contribution in [-0.4, -0.2) is 21.1 Å². The van der Waals surface area contributed by atoms with Gasteiger partial charge in [0.15, 0.2) is 5.69 Å². The lowest BCUT2D eigenvalue weighted by Gasteiger charge is -2.01. The molecule has 0 aliphatic heterocycles.